The van der Waals surface area contributed by atoms with E-state index in [2.05, 4.69) is 5.32 Å². The number of amides is 1. The number of morpholine rings is 1. The van der Waals surface area contributed by atoms with Gasteiger partial charge in [-0.3, -0.25) is 4.79 Å². The van der Waals surface area contributed by atoms with Crippen molar-refractivity contribution in [3.63, 3.8) is 0 Å². The second kappa shape index (κ2) is 6.33. The van der Waals surface area contributed by atoms with Crippen molar-refractivity contribution >= 4 is 5.91 Å². The number of nitrogens with one attached hydrogen (secondary N) is 1. The van der Waals surface area contributed by atoms with Crippen LogP contribution in [0.1, 0.15) is 6.92 Å². The zero-order chi connectivity index (χ0) is 13.8. The maximum absolute atomic E-state index is 12.7. The molecule has 1 heterocycles. The van der Waals surface area contributed by atoms with Crippen molar-refractivity contribution in [2.45, 2.75) is 25.3 Å². The van der Waals surface area contributed by atoms with Crippen LogP contribution in [-0.2, 0) is 9.53 Å². The van der Waals surface area contributed by atoms with Gasteiger partial charge in [-0.25, -0.2) is 8.78 Å². The zero-order valence-electron chi connectivity index (χ0n) is 9.97. The Hall–Kier alpha value is -0.890. The SMILES string of the molecule is CC(NCC(F)(F)C(F)F)C(=O)N1CCOCC1. The lowest BCUT2D eigenvalue weighted by atomic mass is 10.2. The van der Waals surface area contributed by atoms with Gasteiger partial charge in [-0.2, -0.15) is 8.78 Å². The number of nitrogens with zero attached hydrogens (tertiary/aromatic N) is 1. The third-order valence-corrected chi connectivity index (χ3v) is 2.66. The summed E-state index contributed by atoms with van der Waals surface area (Å²) in [6.45, 7) is 1.71. The van der Waals surface area contributed by atoms with E-state index in [-0.39, 0.29) is 5.91 Å². The molecule has 0 spiro atoms. The van der Waals surface area contributed by atoms with Gasteiger partial charge in [0.05, 0.1) is 25.8 Å². The topological polar surface area (TPSA) is 41.6 Å². The molecule has 18 heavy (non-hydrogen) atoms. The van der Waals surface area contributed by atoms with Crippen LogP contribution in [0, 0.1) is 0 Å². The molecule has 0 saturated carbocycles. The Morgan fingerprint density at radius 3 is 2.44 bits per heavy atom. The molecule has 0 aromatic carbocycles. The number of ether oxygens (including phenoxy) is 1. The summed E-state index contributed by atoms with van der Waals surface area (Å²) in [6.07, 6.45) is -3.74. The molecule has 8 heteroatoms. The number of hydrogen-bond donors (Lipinski definition) is 1. The van der Waals surface area contributed by atoms with Gasteiger partial charge >= 0.3 is 12.3 Å². The van der Waals surface area contributed by atoms with E-state index in [0.717, 1.165) is 0 Å². The monoisotopic (exact) mass is 272 g/mol. The smallest absolute Gasteiger partial charge is 0.319 e. The molecule has 1 rings (SSSR count). The molecule has 1 aliphatic rings. The van der Waals surface area contributed by atoms with E-state index in [1.54, 1.807) is 0 Å². The Morgan fingerprint density at radius 1 is 1.39 bits per heavy atom. The molecule has 1 aliphatic heterocycles. The van der Waals surface area contributed by atoms with Crippen LogP contribution in [0.25, 0.3) is 0 Å². The van der Waals surface area contributed by atoms with Gasteiger partial charge in [0.25, 0.3) is 0 Å². The highest BCUT2D eigenvalue weighted by molar-refractivity contribution is 5.81. The first-order valence-electron chi connectivity index (χ1n) is 5.60. The lowest BCUT2D eigenvalue weighted by Crippen LogP contribution is -2.52. The van der Waals surface area contributed by atoms with E-state index in [1.807, 2.05) is 0 Å². The molecule has 106 valence electrons. The Morgan fingerprint density at radius 2 is 1.94 bits per heavy atom. The van der Waals surface area contributed by atoms with E-state index in [1.165, 1.54) is 11.8 Å². The van der Waals surface area contributed by atoms with Crippen LogP contribution < -0.4 is 5.32 Å². The fourth-order valence-corrected chi connectivity index (χ4v) is 1.51. The van der Waals surface area contributed by atoms with Crippen molar-refractivity contribution < 1.29 is 27.1 Å². The third kappa shape index (κ3) is 4.09. The molecule has 1 N–H and O–H groups in total. The molecule has 0 aromatic rings. The zero-order valence-corrected chi connectivity index (χ0v) is 9.97. The van der Waals surface area contributed by atoms with Gasteiger partial charge in [0, 0.05) is 13.1 Å². The Kier molecular flexibility index (Phi) is 5.33. The molecule has 0 aliphatic carbocycles. The van der Waals surface area contributed by atoms with Gasteiger partial charge < -0.3 is 15.0 Å². The van der Waals surface area contributed by atoms with Crippen LogP contribution in [0.4, 0.5) is 17.6 Å². The number of alkyl halides is 4. The minimum Gasteiger partial charge on any atom is -0.378 e. The lowest BCUT2D eigenvalue weighted by molar-refractivity contribution is -0.140. The fourth-order valence-electron chi connectivity index (χ4n) is 1.51. The Labute approximate surface area is 102 Å². The quantitative estimate of drug-likeness (QED) is 0.750. The number of carbonyl (C=O) groups excluding carboxylic acids is 1. The molecule has 0 aromatic heterocycles. The second-order valence-electron chi connectivity index (χ2n) is 4.10. The number of rotatable bonds is 5. The number of hydrogen-bond acceptors (Lipinski definition) is 3. The first-order chi connectivity index (χ1) is 8.34. The average molecular weight is 272 g/mol. The van der Waals surface area contributed by atoms with Gasteiger partial charge in [-0.05, 0) is 6.92 Å². The molecule has 1 amide bonds. The van der Waals surface area contributed by atoms with Crippen LogP contribution in [-0.4, -0.2) is 62.0 Å². The maximum Gasteiger partial charge on any atom is 0.319 e. The average Bonchev–Trinajstić information content (AvgIpc) is 2.36. The Balaban J connectivity index is 2.40. The summed E-state index contributed by atoms with van der Waals surface area (Å²) in [5.41, 5.74) is 0. The van der Waals surface area contributed by atoms with E-state index < -0.39 is 24.9 Å². The van der Waals surface area contributed by atoms with Gasteiger partial charge in [0.1, 0.15) is 0 Å². The normalized spacial score (nSPS) is 19.1. The summed E-state index contributed by atoms with van der Waals surface area (Å²) in [4.78, 5) is 13.2. The van der Waals surface area contributed by atoms with Crippen LogP contribution in [0.2, 0.25) is 0 Å². The minimum atomic E-state index is -4.13. The first-order valence-corrected chi connectivity index (χ1v) is 5.60. The largest absolute Gasteiger partial charge is 0.378 e. The van der Waals surface area contributed by atoms with Crippen LogP contribution in [0.15, 0.2) is 0 Å². The van der Waals surface area contributed by atoms with Crippen LogP contribution in [0.5, 0.6) is 0 Å². The number of halogens is 4. The van der Waals surface area contributed by atoms with Crippen LogP contribution in [0.3, 0.4) is 0 Å². The van der Waals surface area contributed by atoms with Crippen molar-refractivity contribution in [2.24, 2.45) is 0 Å². The summed E-state index contributed by atoms with van der Waals surface area (Å²) in [7, 11) is 0. The van der Waals surface area contributed by atoms with E-state index in [9.17, 15) is 22.4 Å². The molecular formula is C10H16F4N2O2. The molecule has 1 saturated heterocycles. The molecule has 1 atom stereocenters. The number of carbonyl (C=O) groups is 1. The minimum absolute atomic E-state index is 0.385. The van der Waals surface area contributed by atoms with Gasteiger partial charge in [0.15, 0.2) is 0 Å². The van der Waals surface area contributed by atoms with E-state index >= 15 is 0 Å². The summed E-state index contributed by atoms with van der Waals surface area (Å²) in [6, 6.07) is -0.923. The highest BCUT2D eigenvalue weighted by Gasteiger charge is 2.41. The van der Waals surface area contributed by atoms with Crippen molar-refractivity contribution in [1.29, 1.82) is 0 Å². The first kappa shape index (κ1) is 15.2. The van der Waals surface area contributed by atoms with Crippen molar-refractivity contribution in [3.05, 3.63) is 0 Å². The van der Waals surface area contributed by atoms with Gasteiger partial charge in [-0.1, -0.05) is 0 Å². The van der Waals surface area contributed by atoms with Gasteiger partial charge in [0.2, 0.25) is 5.91 Å². The molecule has 1 fully saturated rings. The molecule has 1 unspecified atom stereocenters. The molecular weight excluding hydrogens is 256 g/mol. The highest BCUT2D eigenvalue weighted by atomic mass is 19.3. The molecule has 0 radical (unpaired) electrons. The predicted octanol–water partition coefficient (Wildman–Crippen LogP) is 0.724. The summed E-state index contributed by atoms with van der Waals surface area (Å²) in [5, 5.41) is 2.14. The van der Waals surface area contributed by atoms with Crippen LogP contribution >= 0.6 is 0 Å². The van der Waals surface area contributed by atoms with E-state index in [4.69, 9.17) is 4.74 Å². The van der Waals surface area contributed by atoms with Gasteiger partial charge in [-0.15, -0.1) is 0 Å². The maximum atomic E-state index is 12.7. The van der Waals surface area contributed by atoms with Crippen molar-refractivity contribution in [2.75, 3.05) is 32.8 Å². The predicted molar refractivity (Wildman–Crippen MR) is 55.8 cm³/mol. The third-order valence-electron chi connectivity index (χ3n) is 2.66. The molecule has 0 bridgehead atoms. The second-order valence-corrected chi connectivity index (χ2v) is 4.10. The highest BCUT2D eigenvalue weighted by Crippen LogP contribution is 2.21. The lowest BCUT2D eigenvalue weighted by Gasteiger charge is -2.30. The molecule has 4 nitrogen and oxygen atoms in total. The summed E-state index contributed by atoms with van der Waals surface area (Å²) < 4.78 is 54.2. The Bertz CT molecular complexity index is 283. The van der Waals surface area contributed by atoms with E-state index in [0.29, 0.717) is 26.3 Å². The van der Waals surface area contributed by atoms with Crippen molar-refractivity contribution in [3.8, 4) is 0 Å². The fraction of sp³-hybridized carbons (Fsp3) is 0.900. The van der Waals surface area contributed by atoms with Crippen molar-refractivity contribution in [1.82, 2.24) is 10.2 Å². The standard InChI is InChI=1S/C10H16F4N2O2/c1-7(15-6-10(13,14)9(11)12)8(17)16-2-4-18-5-3-16/h7,9,15H,2-6H2,1H3. The summed E-state index contributed by atoms with van der Waals surface area (Å²) in [5.74, 6) is -4.51. The summed E-state index contributed by atoms with van der Waals surface area (Å²) >= 11 is 0.